The van der Waals surface area contributed by atoms with Crippen LogP contribution >= 0.6 is 0 Å². The van der Waals surface area contributed by atoms with Crippen LogP contribution in [0.3, 0.4) is 0 Å². The molecule has 6 nitrogen and oxygen atoms in total. The Kier molecular flexibility index (Phi) is 6.52. The van der Waals surface area contributed by atoms with Crippen LogP contribution in [-0.4, -0.2) is 78.4 Å². The highest BCUT2D eigenvalue weighted by atomic mass is 16.5. The van der Waals surface area contributed by atoms with Crippen molar-refractivity contribution in [2.75, 3.05) is 39.8 Å². The molecule has 2 aliphatic heterocycles. The van der Waals surface area contributed by atoms with E-state index in [4.69, 9.17) is 4.74 Å². The molecule has 0 unspecified atom stereocenters. The summed E-state index contributed by atoms with van der Waals surface area (Å²) in [6, 6.07) is 6.96. The van der Waals surface area contributed by atoms with Gasteiger partial charge >= 0.3 is 0 Å². The molecule has 1 aromatic carbocycles. The number of benzene rings is 1. The summed E-state index contributed by atoms with van der Waals surface area (Å²) >= 11 is 0. The van der Waals surface area contributed by atoms with Crippen LogP contribution < -0.4 is 4.74 Å². The lowest BCUT2D eigenvalue weighted by Crippen LogP contribution is -2.56. The van der Waals surface area contributed by atoms with Crippen LogP contribution in [0, 0.1) is 5.41 Å². The van der Waals surface area contributed by atoms with Gasteiger partial charge in [0.05, 0.1) is 0 Å². The number of amides is 2. The van der Waals surface area contributed by atoms with E-state index < -0.39 is 6.04 Å². The predicted octanol–water partition coefficient (Wildman–Crippen LogP) is 2.88. The number of ether oxygens (including phenoxy) is 1. The number of piperazine rings is 1. The van der Waals surface area contributed by atoms with Crippen LogP contribution in [0.25, 0.3) is 0 Å². The van der Waals surface area contributed by atoms with E-state index in [2.05, 4.69) is 25.7 Å². The molecule has 0 bridgehead atoms. The summed E-state index contributed by atoms with van der Waals surface area (Å²) in [5.41, 5.74) is 0.890. The molecule has 2 aliphatic rings. The van der Waals surface area contributed by atoms with E-state index in [0.717, 1.165) is 38.2 Å². The Hall–Kier alpha value is -2.08. The number of rotatable bonds is 4. The first-order valence-electron chi connectivity index (χ1n) is 10.7. The molecule has 0 N–H and O–H groups in total. The van der Waals surface area contributed by atoms with E-state index >= 15 is 0 Å². The quantitative estimate of drug-likeness (QED) is 0.779. The van der Waals surface area contributed by atoms with Gasteiger partial charge in [0.15, 0.2) is 0 Å². The number of hydrogen-bond donors (Lipinski definition) is 0. The summed E-state index contributed by atoms with van der Waals surface area (Å²) in [5, 5.41) is 0. The van der Waals surface area contributed by atoms with Crippen molar-refractivity contribution in [3.05, 3.63) is 29.8 Å². The van der Waals surface area contributed by atoms with E-state index in [1.54, 1.807) is 29.8 Å². The van der Waals surface area contributed by atoms with E-state index in [1.165, 1.54) is 0 Å². The Morgan fingerprint density at radius 3 is 2.48 bits per heavy atom. The Morgan fingerprint density at radius 1 is 1.14 bits per heavy atom. The number of likely N-dealkylation sites (N-methyl/N-ethyl adjacent to an activating group) is 1. The highest BCUT2D eigenvalue weighted by Crippen LogP contribution is 2.24. The molecule has 2 amide bonds. The van der Waals surface area contributed by atoms with Gasteiger partial charge in [0.1, 0.15) is 17.9 Å². The molecule has 0 radical (unpaired) electrons. The predicted molar refractivity (Wildman–Crippen MR) is 114 cm³/mol. The van der Waals surface area contributed by atoms with Crippen LogP contribution in [0.2, 0.25) is 0 Å². The third-order valence-electron chi connectivity index (χ3n) is 5.75. The Balaban J connectivity index is 1.59. The molecule has 1 aromatic rings. The standard InChI is InChI=1S/C23H35N3O3/c1-17-21(27)24(5)13-14-26(17)22(28)18-7-6-8-20(15-18)29-19-9-11-25(12-10-19)16-23(2,3)4/h6-8,15,17,19H,9-14,16H2,1-5H3/t17-/m0/s1. The molecule has 2 fully saturated rings. The zero-order valence-electron chi connectivity index (χ0n) is 18.5. The maximum atomic E-state index is 13.0. The van der Waals surface area contributed by atoms with Gasteiger partial charge in [-0.3, -0.25) is 9.59 Å². The van der Waals surface area contributed by atoms with Crippen molar-refractivity contribution in [3.63, 3.8) is 0 Å². The van der Waals surface area contributed by atoms with Crippen LogP contribution in [0.15, 0.2) is 24.3 Å². The van der Waals surface area contributed by atoms with Gasteiger partial charge < -0.3 is 19.4 Å². The molecule has 2 saturated heterocycles. The van der Waals surface area contributed by atoms with Crippen molar-refractivity contribution in [1.82, 2.24) is 14.7 Å². The summed E-state index contributed by atoms with van der Waals surface area (Å²) in [6.45, 7) is 12.9. The third kappa shape index (κ3) is 5.50. The van der Waals surface area contributed by atoms with Crippen molar-refractivity contribution < 1.29 is 14.3 Å². The number of hydrogen-bond acceptors (Lipinski definition) is 4. The van der Waals surface area contributed by atoms with Crippen molar-refractivity contribution >= 4 is 11.8 Å². The summed E-state index contributed by atoms with van der Waals surface area (Å²) in [6.07, 6.45) is 2.18. The lowest BCUT2D eigenvalue weighted by atomic mass is 9.94. The van der Waals surface area contributed by atoms with Gasteiger partial charge in [-0.05, 0) is 43.4 Å². The van der Waals surface area contributed by atoms with Crippen LogP contribution in [0.1, 0.15) is 50.9 Å². The molecule has 160 valence electrons. The van der Waals surface area contributed by atoms with E-state index in [-0.39, 0.29) is 17.9 Å². The van der Waals surface area contributed by atoms with Crippen molar-refractivity contribution in [2.24, 2.45) is 5.41 Å². The van der Waals surface area contributed by atoms with Gasteiger partial charge in [0, 0.05) is 45.3 Å². The molecule has 2 heterocycles. The van der Waals surface area contributed by atoms with Gasteiger partial charge in [-0.2, -0.15) is 0 Å². The highest BCUT2D eigenvalue weighted by molar-refractivity contribution is 5.98. The molecule has 0 saturated carbocycles. The summed E-state index contributed by atoms with van der Waals surface area (Å²) in [7, 11) is 1.78. The number of carbonyl (C=O) groups excluding carboxylic acids is 2. The zero-order valence-corrected chi connectivity index (χ0v) is 18.5. The summed E-state index contributed by atoms with van der Waals surface area (Å²) in [5.74, 6) is 0.613. The van der Waals surface area contributed by atoms with Crippen molar-refractivity contribution in [3.8, 4) is 5.75 Å². The molecule has 0 spiro atoms. The van der Waals surface area contributed by atoms with E-state index in [9.17, 15) is 9.59 Å². The number of nitrogens with zero attached hydrogens (tertiary/aromatic N) is 3. The second kappa shape index (κ2) is 8.74. The average molecular weight is 402 g/mol. The highest BCUT2D eigenvalue weighted by Gasteiger charge is 2.33. The first-order chi connectivity index (χ1) is 13.6. The van der Waals surface area contributed by atoms with Gasteiger partial charge in [0.25, 0.3) is 5.91 Å². The summed E-state index contributed by atoms with van der Waals surface area (Å²) < 4.78 is 6.20. The van der Waals surface area contributed by atoms with E-state index in [1.807, 2.05) is 18.2 Å². The molecule has 0 aromatic heterocycles. The molecule has 29 heavy (non-hydrogen) atoms. The minimum absolute atomic E-state index is 0.0148. The first kappa shape index (κ1) is 21.6. The second-order valence-electron chi connectivity index (χ2n) is 9.62. The van der Waals surface area contributed by atoms with Gasteiger partial charge in [-0.25, -0.2) is 0 Å². The maximum absolute atomic E-state index is 13.0. The lowest BCUT2D eigenvalue weighted by Gasteiger charge is -2.37. The lowest BCUT2D eigenvalue weighted by molar-refractivity contribution is -0.137. The largest absolute Gasteiger partial charge is 0.490 e. The number of likely N-dealkylation sites (tertiary alicyclic amines) is 1. The average Bonchev–Trinajstić information content (AvgIpc) is 2.66. The van der Waals surface area contributed by atoms with Crippen molar-refractivity contribution in [1.29, 1.82) is 0 Å². The zero-order chi connectivity index (χ0) is 21.2. The van der Waals surface area contributed by atoms with Crippen LogP contribution in [-0.2, 0) is 4.79 Å². The van der Waals surface area contributed by atoms with Crippen molar-refractivity contribution in [2.45, 2.75) is 52.7 Å². The normalized spacial score (nSPS) is 22.1. The Labute approximate surface area is 174 Å². The van der Waals surface area contributed by atoms with Gasteiger partial charge in [-0.15, -0.1) is 0 Å². The number of carbonyl (C=O) groups is 2. The van der Waals surface area contributed by atoms with Crippen LogP contribution in [0.5, 0.6) is 5.75 Å². The van der Waals surface area contributed by atoms with Gasteiger partial charge in [-0.1, -0.05) is 26.8 Å². The monoisotopic (exact) mass is 401 g/mol. The number of piperidine rings is 1. The van der Waals surface area contributed by atoms with E-state index in [0.29, 0.717) is 24.1 Å². The topological polar surface area (TPSA) is 53.1 Å². The SMILES string of the molecule is C[C@H]1C(=O)N(C)CCN1C(=O)c1cccc(OC2CCN(CC(C)(C)C)CC2)c1. The third-order valence-corrected chi connectivity index (χ3v) is 5.75. The molecular weight excluding hydrogens is 366 g/mol. The fraction of sp³-hybridized carbons (Fsp3) is 0.652. The summed E-state index contributed by atoms with van der Waals surface area (Å²) in [4.78, 5) is 31.0. The fourth-order valence-corrected chi connectivity index (χ4v) is 4.21. The fourth-order valence-electron chi connectivity index (χ4n) is 4.21. The minimum Gasteiger partial charge on any atom is -0.490 e. The molecule has 6 heteroatoms. The molecule has 1 atom stereocenters. The molecule has 0 aliphatic carbocycles. The smallest absolute Gasteiger partial charge is 0.254 e. The molecule has 3 rings (SSSR count). The minimum atomic E-state index is -0.432. The second-order valence-corrected chi connectivity index (χ2v) is 9.62. The van der Waals surface area contributed by atoms with Gasteiger partial charge in [0.2, 0.25) is 5.91 Å². The Morgan fingerprint density at radius 2 is 1.83 bits per heavy atom. The maximum Gasteiger partial charge on any atom is 0.254 e. The molecular formula is C23H35N3O3. The van der Waals surface area contributed by atoms with Crippen LogP contribution in [0.4, 0.5) is 0 Å². The first-order valence-corrected chi connectivity index (χ1v) is 10.7. The Bertz CT molecular complexity index is 735.